The second-order valence-electron chi connectivity index (χ2n) is 10.8. The van der Waals surface area contributed by atoms with Crippen LogP contribution in [0, 0.1) is 0 Å². The minimum atomic E-state index is -4.22. The Labute approximate surface area is 256 Å². The molecule has 0 aromatic heterocycles. The van der Waals surface area contributed by atoms with Crippen LogP contribution in [0.4, 0.5) is 5.69 Å². The van der Waals surface area contributed by atoms with Gasteiger partial charge in [-0.2, -0.15) is 0 Å². The first-order valence-corrected chi connectivity index (χ1v) is 15.5. The van der Waals surface area contributed by atoms with E-state index in [-0.39, 0.29) is 22.2 Å². The van der Waals surface area contributed by atoms with Gasteiger partial charge in [-0.3, -0.25) is 13.9 Å². The van der Waals surface area contributed by atoms with E-state index in [9.17, 15) is 18.0 Å². The first-order chi connectivity index (χ1) is 19.8. The molecule has 0 radical (unpaired) electrons. The number of anilines is 1. The van der Waals surface area contributed by atoms with Crippen molar-refractivity contribution in [3.05, 3.63) is 82.3 Å². The molecule has 0 bridgehead atoms. The summed E-state index contributed by atoms with van der Waals surface area (Å²) in [6.45, 7) is 7.15. The molecule has 1 atom stereocenters. The van der Waals surface area contributed by atoms with Crippen LogP contribution in [0.25, 0.3) is 0 Å². The van der Waals surface area contributed by atoms with Crippen LogP contribution in [0.1, 0.15) is 33.3 Å². The Morgan fingerprint density at radius 3 is 2.24 bits per heavy atom. The third-order valence-electron chi connectivity index (χ3n) is 6.43. The average Bonchev–Trinajstić information content (AvgIpc) is 2.95. The first-order valence-electron chi connectivity index (χ1n) is 13.3. The lowest BCUT2D eigenvalue weighted by Crippen LogP contribution is -2.54. The fourth-order valence-corrected chi connectivity index (χ4v) is 6.07. The number of carbonyl (C=O) groups excluding carboxylic acids is 2. The highest BCUT2D eigenvalue weighted by molar-refractivity contribution is 7.92. The molecular weight excluding hydrogens is 601 g/mol. The molecule has 12 heteroatoms. The lowest BCUT2D eigenvalue weighted by Gasteiger charge is -2.33. The topological polar surface area (TPSA) is 105 Å². The number of hydrogen-bond donors (Lipinski definition) is 1. The number of nitrogens with one attached hydrogen (secondary N) is 1. The maximum Gasteiger partial charge on any atom is 0.264 e. The van der Waals surface area contributed by atoms with Gasteiger partial charge in [-0.15, -0.1) is 0 Å². The Morgan fingerprint density at radius 2 is 1.60 bits per heavy atom. The SMILES string of the molecule is C[C@@H](C(=O)NC(C)(C)C)N(Cc1ccc(Cl)c(Cl)c1)C(=O)CN(c1ccc2c(c1)OCCO2)S(=O)(=O)c1ccccc1. The third-order valence-corrected chi connectivity index (χ3v) is 8.95. The minimum Gasteiger partial charge on any atom is -0.486 e. The fourth-order valence-electron chi connectivity index (χ4n) is 4.33. The number of benzene rings is 3. The Hall–Kier alpha value is -3.47. The second kappa shape index (κ2) is 12.8. The number of nitrogens with zero attached hydrogens (tertiary/aromatic N) is 2. The molecule has 4 rings (SSSR count). The molecule has 1 N–H and O–H groups in total. The Balaban J connectivity index is 1.74. The van der Waals surface area contributed by atoms with Crippen LogP contribution in [0.5, 0.6) is 11.5 Å². The van der Waals surface area contributed by atoms with Gasteiger partial charge in [0, 0.05) is 18.2 Å². The summed E-state index contributed by atoms with van der Waals surface area (Å²) in [6, 6.07) is 16.5. The zero-order valence-electron chi connectivity index (χ0n) is 23.8. The normalized spacial score (nSPS) is 13.7. The summed E-state index contributed by atoms with van der Waals surface area (Å²) in [5, 5.41) is 3.53. The van der Waals surface area contributed by atoms with E-state index in [1.165, 1.54) is 23.1 Å². The molecule has 3 aromatic rings. The second-order valence-corrected chi connectivity index (χ2v) is 13.5. The summed E-state index contributed by atoms with van der Waals surface area (Å²) < 4.78 is 40.2. The van der Waals surface area contributed by atoms with Crippen molar-refractivity contribution in [3.8, 4) is 11.5 Å². The zero-order valence-corrected chi connectivity index (χ0v) is 26.1. The number of amides is 2. The quantitative estimate of drug-likeness (QED) is 0.343. The summed E-state index contributed by atoms with van der Waals surface area (Å²) in [4.78, 5) is 28.6. The van der Waals surface area contributed by atoms with E-state index < -0.39 is 40.0 Å². The van der Waals surface area contributed by atoms with Crippen LogP contribution in [-0.4, -0.2) is 56.5 Å². The van der Waals surface area contributed by atoms with E-state index in [0.717, 1.165) is 4.31 Å². The number of fused-ring (bicyclic) bond motifs is 1. The van der Waals surface area contributed by atoms with Gasteiger partial charge >= 0.3 is 0 Å². The van der Waals surface area contributed by atoms with E-state index in [1.807, 2.05) is 20.8 Å². The van der Waals surface area contributed by atoms with Crippen molar-refractivity contribution in [2.24, 2.45) is 0 Å². The molecule has 3 aromatic carbocycles. The predicted octanol–water partition coefficient (Wildman–Crippen LogP) is 5.29. The number of halogens is 2. The number of ether oxygens (including phenoxy) is 2. The highest BCUT2D eigenvalue weighted by Gasteiger charge is 2.34. The molecule has 1 aliphatic heterocycles. The summed E-state index contributed by atoms with van der Waals surface area (Å²) in [5.74, 6) is -0.160. The highest BCUT2D eigenvalue weighted by atomic mass is 35.5. The molecule has 0 spiro atoms. The van der Waals surface area contributed by atoms with Gasteiger partial charge in [-0.05, 0) is 69.7 Å². The Bertz CT molecular complexity index is 1560. The van der Waals surface area contributed by atoms with Gasteiger partial charge in [0.15, 0.2) is 11.5 Å². The summed E-state index contributed by atoms with van der Waals surface area (Å²) >= 11 is 12.3. The smallest absolute Gasteiger partial charge is 0.264 e. The van der Waals surface area contributed by atoms with Crippen molar-refractivity contribution >= 4 is 50.7 Å². The zero-order chi connectivity index (χ0) is 30.7. The third kappa shape index (κ3) is 7.48. The van der Waals surface area contributed by atoms with Crippen LogP contribution < -0.4 is 19.1 Å². The summed E-state index contributed by atoms with van der Waals surface area (Å²) in [5.41, 5.74) is 0.264. The first kappa shape index (κ1) is 31.5. The van der Waals surface area contributed by atoms with Gasteiger partial charge in [0.1, 0.15) is 25.8 Å². The van der Waals surface area contributed by atoms with Crippen molar-refractivity contribution in [1.29, 1.82) is 0 Å². The lowest BCUT2D eigenvalue weighted by molar-refractivity contribution is -0.140. The van der Waals surface area contributed by atoms with Crippen LogP contribution in [0.3, 0.4) is 0 Å². The van der Waals surface area contributed by atoms with Crippen molar-refractivity contribution in [2.45, 2.75) is 50.7 Å². The number of rotatable bonds is 9. The summed E-state index contributed by atoms with van der Waals surface area (Å²) in [7, 11) is -4.22. The molecule has 0 aliphatic carbocycles. The molecule has 0 saturated carbocycles. The maximum absolute atomic E-state index is 14.1. The van der Waals surface area contributed by atoms with Crippen molar-refractivity contribution in [2.75, 3.05) is 24.1 Å². The molecule has 0 saturated heterocycles. The molecule has 2 amide bonds. The van der Waals surface area contributed by atoms with Gasteiger partial charge in [-0.1, -0.05) is 47.5 Å². The van der Waals surface area contributed by atoms with E-state index >= 15 is 0 Å². The molecule has 42 heavy (non-hydrogen) atoms. The number of carbonyl (C=O) groups is 2. The highest BCUT2D eigenvalue weighted by Crippen LogP contribution is 2.36. The largest absolute Gasteiger partial charge is 0.486 e. The van der Waals surface area contributed by atoms with Gasteiger partial charge in [0.25, 0.3) is 10.0 Å². The molecule has 1 aliphatic rings. The average molecular weight is 635 g/mol. The van der Waals surface area contributed by atoms with Gasteiger partial charge in [-0.25, -0.2) is 8.42 Å². The van der Waals surface area contributed by atoms with Crippen LogP contribution >= 0.6 is 23.2 Å². The molecule has 0 unspecified atom stereocenters. The summed E-state index contributed by atoms with van der Waals surface area (Å²) in [6.07, 6.45) is 0. The molecule has 0 fully saturated rings. The molecule has 224 valence electrons. The van der Waals surface area contributed by atoms with E-state index in [2.05, 4.69) is 5.32 Å². The lowest BCUT2D eigenvalue weighted by atomic mass is 10.1. The van der Waals surface area contributed by atoms with Crippen LogP contribution in [0.15, 0.2) is 71.6 Å². The molecule has 9 nitrogen and oxygen atoms in total. The monoisotopic (exact) mass is 633 g/mol. The van der Waals surface area contributed by atoms with Crippen molar-refractivity contribution < 1.29 is 27.5 Å². The Morgan fingerprint density at radius 1 is 0.929 bits per heavy atom. The van der Waals surface area contributed by atoms with E-state index in [1.54, 1.807) is 55.5 Å². The van der Waals surface area contributed by atoms with E-state index in [0.29, 0.717) is 35.3 Å². The molecular formula is C30H33Cl2N3O6S. The number of hydrogen-bond acceptors (Lipinski definition) is 6. The van der Waals surface area contributed by atoms with Crippen LogP contribution in [-0.2, 0) is 26.2 Å². The minimum absolute atomic E-state index is 0.00208. The maximum atomic E-state index is 14.1. The Kier molecular flexibility index (Phi) is 9.60. The van der Waals surface area contributed by atoms with Gasteiger partial charge in [0.2, 0.25) is 11.8 Å². The van der Waals surface area contributed by atoms with Crippen molar-refractivity contribution in [3.63, 3.8) is 0 Å². The number of sulfonamides is 1. The van der Waals surface area contributed by atoms with Gasteiger partial charge < -0.3 is 19.7 Å². The fraction of sp³-hybridized carbons (Fsp3) is 0.333. The predicted molar refractivity (Wildman–Crippen MR) is 163 cm³/mol. The molecule has 1 heterocycles. The standard InChI is InChI=1S/C30H33Cl2N3O6S/c1-20(29(37)33-30(2,3)4)34(18-21-10-12-24(31)25(32)16-21)28(36)19-35(42(38,39)23-8-6-5-7-9-23)22-11-13-26-27(17-22)41-15-14-40-26/h5-13,16-17,20H,14-15,18-19H2,1-4H3,(H,33,37)/t20-/m0/s1. The van der Waals surface area contributed by atoms with E-state index in [4.69, 9.17) is 32.7 Å². The van der Waals surface area contributed by atoms with Crippen molar-refractivity contribution in [1.82, 2.24) is 10.2 Å². The van der Waals surface area contributed by atoms with Crippen LogP contribution in [0.2, 0.25) is 10.0 Å². The van der Waals surface area contributed by atoms with Gasteiger partial charge in [0.05, 0.1) is 20.6 Å².